The van der Waals surface area contributed by atoms with Crippen LogP contribution in [0.3, 0.4) is 0 Å². The average molecular weight is 388 g/mol. The highest BCUT2D eigenvalue weighted by Gasteiger charge is 2.41. The van der Waals surface area contributed by atoms with Crippen molar-refractivity contribution in [3.8, 4) is 6.07 Å². The standard InChI is InChI=1S/C23H17NOS2/c24-16-23(19-6-2-1-3-7-19)14-17(12-20-8-4-10-26-20)22(25)18(15-23)13-21-9-5-11-27-21/h1-13H,14-15H2/b17-12-,18-13+. The first-order chi connectivity index (χ1) is 13.2. The molecule has 132 valence electrons. The molecule has 4 heteroatoms. The third kappa shape index (κ3) is 3.57. The monoisotopic (exact) mass is 387 g/mol. The zero-order valence-corrected chi connectivity index (χ0v) is 16.2. The summed E-state index contributed by atoms with van der Waals surface area (Å²) < 4.78 is 0. The summed E-state index contributed by atoms with van der Waals surface area (Å²) in [6, 6.07) is 20.3. The molecule has 1 aliphatic carbocycles. The van der Waals surface area contributed by atoms with Crippen molar-refractivity contribution >= 4 is 40.6 Å². The first-order valence-corrected chi connectivity index (χ1v) is 10.5. The molecule has 1 atom stereocenters. The van der Waals surface area contributed by atoms with Gasteiger partial charge in [-0.2, -0.15) is 5.26 Å². The number of rotatable bonds is 3. The van der Waals surface area contributed by atoms with Crippen molar-refractivity contribution in [3.05, 3.63) is 91.8 Å². The quantitative estimate of drug-likeness (QED) is 0.509. The van der Waals surface area contributed by atoms with Crippen molar-refractivity contribution < 1.29 is 4.79 Å². The Balaban J connectivity index is 1.84. The SMILES string of the molecule is N#CC1(c2ccccc2)C/C(=C/c2cccs2)C(=O)/C(=C/c2cccs2)C1. The van der Waals surface area contributed by atoms with Gasteiger partial charge in [0.15, 0.2) is 5.78 Å². The van der Waals surface area contributed by atoms with Crippen LogP contribution in [0.15, 0.2) is 76.5 Å². The Morgan fingerprint density at radius 3 is 1.85 bits per heavy atom. The van der Waals surface area contributed by atoms with Crippen molar-refractivity contribution in [2.24, 2.45) is 0 Å². The minimum absolute atomic E-state index is 0.0543. The summed E-state index contributed by atoms with van der Waals surface area (Å²) in [6.45, 7) is 0. The normalized spacial score (nSPS) is 22.9. The maximum atomic E-state index is 13.2. The van der Waals surface area contributed by atoms with Gasteiger partial charge in [-0.15, -0.1) is 22.7 Å². The number of allylic oxidation sites excluding steroid dienone is 2. The molecular weight excluding hydrogens is 370 g/mol. The van der Waals surface area contributed by atoms with Crippen LogP contribution in [0.25, 0.3) is 12.2 Å². The van der Waals surface area contributed by atoms with Gasteiger partial charge in [0.2, 0.25) is 0 Å². The van der Waals surface area contributed by atoms with E-state index in [1.54, 1.807) is 22.7 Å². The van der Waals surface area contributed by atoms with Crippen molar-refractivity contribution in [3.63, 3.8) is 0 Å². The van der Waals surface area contributed by atoms with E-state index in [1.165, 1.54) is 0 Å². The van der Waals surface area contributed by atoms with Crippen molar-refractivity contribution in [1.29, 1.82) is 5.26 Å². The molecule has 1 aromatic carbocycles. The molecule has 27 heavy (non-hydrogen) atoms. The van der Waals surface area contributed by atoms with Crippen LogP contribution in [0.1, 0.15) is 28.2 Å². The third-order valence-corrected chi connectivity index (χ3v) is 6.47. The summed E-state index contributed by atoms with van der Waals surface area (Å²) in [5, 5.41) is 14.2. The van der Waals surface area contributed by atoms with Crippen molar-refractivity contribution in [2.75, 3.05) is 0 Å². The molecule has 1 fully saturated rings. The Bertz CT molecular complexity index is 980. The van der Waals surface area contributed by atoms with Crippen LogP contribution in [-0.2, 0) is 10.2 Å². The lowest BCUT2D eigenvalue weighted by Gasteiger charge is -2.33. The molecule has 1 aliphatic rings. The Morgan fingerprint density at radius 2 is 1.41 bits per heavy atom. The van der Waals surface area contributed by atoms with E-state index in [4.69, 9.17) is 0 Å². The van der Waals surface area contributed by atoms with Gasteiger partial charge in [0, 0.05) is 20.9 Å². The van der Waals surface area contributed by atoms with E-state index < -0.39 is 5.41 Å². The molecule has 0 bridgehead atoms. The second-order valence-corrected chi connectivity index (χ2v) is 8.57. The molecule has 3 aromatic rings. The summed E-state index contributed by atoms with van der Waals surface area (Å²) in [7, 11) is 0. The molecule has 0 radical (unpaired) electrons. The number of ketones is 1. The molecule has 2 nitrogen and oxygen atoms in total. The molecule has 0 N–H and O–H groups in total. The number of hydrogen-bond acceptors (Lipinski definition) is 4. The summed E-state index contributed by atoms with van der Waals surface area (Å²) in [5.74, 6) is 0.0543. The molecule has 0 spiro atoms. The minimum atomic E-state index is -0.721. The predicted molar refractivity (Wildman–Crippen MR) is 113 cm³/mol. The summed E-state index contributed by atoms with van der Waals surface area (Å²) in [4.78, 5) is 15.3. The van der Waals surface area contributed by atoms with E-state index in [0.29, 0.717) is 24.0 Å². The topological polar surface area (TPSA) is 40.9 Å². The molecule has 0 aliphatic heterocycles. The molecule has 2 heterocycles. The van der Waals surface area contributed by atoms with Gasteiger partial charge < -0.3 is 0 Å². The number of benzene rings is 1. The van der Waals surface area contributed by atoms with Crippen molar-refractivity contribution in [2.45, 2.75) is 18.3 Å². The van der Waals surface area contributed by atoms with E-state index in [1.807, 2.05) is 77.5 Å². The van der Waals surface area contributed by atoms with Crippen LogP contribution in [0.5, 0.6) is 0 Å². The summed E-state index contributed by atoms with van der Waals surface area (Å²) >= 11 is 3.20. The fourth-order valence-electron chi connectivity index (χ4n) is 3.51. The molecule has 1 saturated carbocycles. The van der Waals surface area contributed by atoms with Gasteiger partial charge in [0.05, 0.1) is 11.5 Å². The highest BCUT2D eigenvalue weighted by molar-refractivity contribution is 7.11. The van der Waals surface area contributed by atoms with Gasteiger partial charge in [-0.1, -0.05) is 42.5 Å². The van der Waals surface area contributed by atoms with Gasteiger partial charge in [-0.3, -0.25) is 4.79 Å². The van der Waals surface area contributed by atoms with Crippen LogP contribution in [0.4, 0.5) is 0 Å². The van der Waals surface area contributed by atoms with E-state index in [-0.39, 0.29) is 5.78 Å². The van der Waals surface area contributed by atoms with Crippen LogP contribution in [-0.4, -0.2) is 5.78 Å². The van der Waals surface area contributed by atoms with Gasteiger partial charge in [-0.25, -0.2) is 0 Å². The van der Waals surface area contributed by atoms with E-state index in [2.05, 4.69) is 6.07 Å². The number of nitrogens with zero attached hydrogens (tertiary/aromatic N) is 1. The van der Waals surface area contributed by atoms with Gasteiger partial charge in [-0.05, 0) is 53.4 Å². The first kappa shape index (κ1) is 17.7. The van der Waals surface area contributed by atoms with E-state index in [9.17, 15) is 10.1 Å². The second kappa shape index (κ2) is 7.48. The Hall–Kier alpha value is -2.74. The third-order valence-electron chi connectivity index (χ3n) is 4.83. The number of Topliss-reactive ketones (excluding diaryl/α,β-unsaturated/α-hetero) is 1. The average Bonchev–Trinajstić information content (AvgIpc) is 3.40. The van der Waals surface area contributed by atoms with Gasteiger partial charge in [0.1, 0.15) is 0 Å². The Labute approximate surface area is 166 Å². The highest BCUT2D eigenvalue weighted by atomic mass is 32.1. The van der Waals surface area contributed by atoms with E-state index in [0.717, 1.165) is 15.3 Å². The maximum absolute atomic E-state index is 13.2. The summed E-state index contributed by atoms with van der Waals surface area (Å²) in [5.41, 5.74) is 1.66. The molecule has 0 saturated heterocycles. The first-order valence-electron chi connectivity index (χ1n) is 8.70. The zero-order valence-electron chi connectivity index (χ0n) is 14.6. The highest BCUT2D eigenvalue weighted by Crippen LogP contribution is 2.43. The lowest BCUT2D eigenvalue weighted by molar-refractivity contribution is -0.113. The molecule has 4 rings (SSSR count). The predicted octanol–water partition coefficient (Wildman–Crippen LogP) is 6.10. The number of carbonyl (C=O) groups excluding carboxylic acids is 1. The molecule has 0 amide bonds. The number of carbonyl (C=O) groups is 1. The lowest BCUT2D eigenvalue weighted by atomic mass is 9.66. The molecule has 1 unspecified atom stereocenters. The lowest BCUT2D eigenvalue weighted by Crippen LogP contribution is -2.33. The molecular formula is C23H17NOS2. The smallest absolute Gasteiger partial charge is 0.185 e. The van der Waals surface area contributed by atoms with E-state index >= 15 is 0 Å². The fraction of sp³-hybridized carbons (Fsp3) is 0.130. The summed E-state index contributed by atoms with van der Waals surface area (Å²) in [6.07, 6.45) is 4.77. The molecule has 2 aromatic heterocycles. The van der Waals surface area contributed by atoms with Gasteiger partial charge >= 0.3 is 0 Å². The largest absolute Gasteiger partial charge is 0.289 e. The number of thiophene rings is 2. The fourth-order valence-corrected chi connectivity index (χ4v) is 4.87. The Morgan fingerprint density at radius 1 is 0.852 bits per heavy atom. The number of nitriles is 1. The maximum Gasteiger partial charge on any atom is 0.185 e. The number of hydrogen-bond donors (Lipinski definition) is 0. The van der Waals surface area contributed by atoms with Crippen LogP contribution in [0, 0.1) is 11.3 Å². The Kier molecular flexibility index (Phi) is 4.89. The van der Waals surface area contributed by atoms with Crippen LogP contribution in [0.2, 0.25) is 0 Å². The minimum Gasteiger partial charge on any atom is -0.289 e. The van der Waals surface area contributed by atoms with Gasteiger partial charge in [0.25, 0.3) is 0 Å². The van der Waals surface area contributed by atoms with Crippen LogP contribution < -0.4 is 0 Å². The second-order valence-electron chi connectivity index (χ2n) is 6.61. The zero-order chi connectivity index (χ0) is 18.7. The van der Waals surface area contributed by atoms with Crippen LogP contribution >= 0.6 is 22.7 Å². The van der Waals surface area contributed by atoms with Crippen molar-refractivity contribution in [1.82, 2.24) is 0 Å².